The van der Waals surface area contributed by atoms with Crippen molar-refractivity contribution in [2.75, 3.05) is 46.6 Å². The number of hydrogen-bond acceptors (Lipinski definition) is 6. The Morgan fingerprint density at radius 1 is 1.29 bits per heavy atom. The highest BCUT2D eigenvalue weighted by molar-refractivity contribution is 5.81. The minimum atomic E-state index is -0.215. The van der Waals surface area contributed by atoms with Gasteiger partial charge >= 0.3 is 0 Å². The number of morpholine rings is 1. The first-order valence-corrected chi connectivity index (χ1v) is 9.93. The van der Waals surface area contributed by atoms with Crippen molar-refractivity contribution < 1.29 is 19.1 Å². The minimum absolute atomic E-state index is 0.0242. The van der Waals surface area contributed by atoms with Crippen molar-refractivity contribution in [2.45, 2.75) is 37.9 Å². The standard InChI is InChI=1S/C20H30N4O4/c1-23(13-16-3-2-6-21-12-16)14-20(26)24-7-10-28-15-18(24)11-19(25)22-17-4-8-27-9-5-17/h2-3,6,12,17-18H,4-5,7-11,13-15H2,1H3,(H,22,25). The van der Waals surface area contributed by atoms with E-state index >= 15 is 0 Å². The molecule has 0 spiro atoms. The summed E-state index contributed by atoms with van der Waals surface area (Å²) >= 11 is 0. The maximum atomic E-state index is 12.8. The van der Waals surface area contributed by atoms with E-state index in [1.165, 1.54) is 0 Å². The van der Waals surface area contributed by atoms with Gasteiger partial charge in [-0.3, -0.25) is 19.5 Å². The van der Waals surface area contributed by atoms with E-state index in [0.717, 1.165) is 18.4 Å². The number of carbonyl (C=O) groups is 2. The number of aromatic nitrogens is 1. The molecule has 0 aromatic carbocycles. The summed E-state index contributed by atoms with van der Waals surface area (Å²) in [7, 11) is 1.91. The number of amides is 2. The third-order valence-corrected chi connectivity index (χ3v) is 5.14. The van der Waals surface area contributed by atoms with Crippen LogP contribution in [0.15, 0.2) is 24.5 Å². The van der Waals surface area contributed by atoms with Gasteiger partial charge in [0.15, 0.2) is 0 Å². The normalized spacial score (nSPS) is 20.9. The Hall–Kier alpha value is -2.03. The Kier molecular flexibility index (Phi) is 7.76. The van der Waals surface area contributed by atoms with Crippen molar-refractivity contribution in [3.8, 4) is 0 Å². The van der Waals surface area contributed by atoms with E-state index in [9.17, 15) is 9.59 Å². The van der Waals surface area contributed by atoms with Crippen LogP contribution in [0.25, 0.3) is 0 Å². The van der Waals surface area contributed by atoms with Gasteiger partial charge in [0.2, 0.25) is 11.8 Å². The lowest BCUT2D eigenvalue weighted by Crippen LogP contribution is -2.53. The molecule has 0 aliphatic carbocycles. The number of nitrogens with one attached hydrogen (secondary N) is 1. The van der Waals surface area contributed by atoms with E-state index in [-0.39, 0.29) is 30.3 Å². The lowest BCUT2D eigenvalue weighted by Gasteiger charge is -2.36. The van der Waals surface area contributed by atoms with Crippen LogP contribution < -0.4 is 5.32 Å². The van der Waals surface area contributed by atoms with Gasteiger partial charge in [0, 0.05) is 51.2 Å². The second kappa shape index (κ2) is 10.5. The van der Waals surface area contributed by atoms with Crippen LogP contribution in [0.3, 0.4) is 0 Å². The van der Waals surface area contributed by atoms with Crippen LogP contribution in [-0.4, -0.2) is 85.2 Å². The molecule has 1 atom stereocenters. The fraction of sp³-hybridized carbons (Fsp3) is 0.650. The topological polar surface area (TPSA) is 84.0 Å². The molecular weight excluding hydrogens is 360 g/mol. The van der Waals surface area contributed by atoms with Crippen LogP contribution in [0, 0.1) is 0 Å². The molecule has 2 fully saturated rings. The lowest BCUT2D eigenvalue weighted by atomic mass is 10.1. The third-order valence-electron chi connectivity index (χ3n) is 5.14. The summed E-state index contributed by atoms with van der Waals surface area (Å²) in [6.45, 7) is 3.76. The highest BCUT2D eigenvalue weighted by atomic mass is 16.5. The Bertz CT molecular complexity index is 636. The molecule has 0 saturated carbocycles. The predicted molar refractivity (Wildman–Crippen MR) is 103 cm³/mol. The summed E-state index contributed by atoms with van der Waals surface area (Å²) in [4.78, 5) is 33.2. The number of pyridine rings is 1. The van der Waals surface area contributed by atoms with E-state index in [4.69, 9.17) is 9.47 Å². The Morgan fingerprint density at radius 2 is 2.11 bits per heavy atom. The zero-order valence-electron chi connectivity index (χ0n) is 16.5. The summed E-state index contributed by atoms with van der Waals surface area (Å²) in [6, 6.07) is 3.83. The van der Waals surface area contributed by atoms with Crippen LogP contribution in [0.5, 0.6) is 0 Å². The van der Waals surface area contributed by atoms with Crippen LogP contribution in [0.2, 0.25) is 0 Å². The van der Waals surface area contributed by atoms with Gasteiger partial charge in [0.05, 0.1) is 25.8 Å². The van der Waals surface area contributed by atoms with Crippen molar-refractivity contribution in [1.82, 2.24) is 20.1 Å². The number of hydrogen-bond donors (Lipinski definition) is 1. The van der Waals surface area contributed by atoms with E-state index < -0.39 is 0 Å². The Balaban J connectivity index is 1.50. The van der Waals surface area contributed by atoms with Gasteiger partial charge in [-0.15, -0.1) is 0 Å². The molecule has 2 saturated heterocycles. The molecule has 28 heavy (non-hydrogen) atoms. The average Bonchev–Trinajstić information content (AvgIpc) is 2.69. The van der Waals surface area contributed by atoms with Gasteiger partial charge in [-0.25, -0.2) is 0 Å². The molecule has 0 bridgehead atoms. The first-order valence-electron chi connectivity index (χ1n) is 9.93. The quantitative estimate of drug-likeness (QED) is 0.727. The smallest absolute Gasteiger partial charge is 0.237 e. The Labute approximate surface area is 166 Å². The number of ether oxygens (including phenoxy) is 2. The lowest BCUT2D eigenvalue weighted by molar-refractivity contribution is -0.142. The molecule has 3 rings (SSSR count). The number of nitrogens with zero attached hydrogens (tertiary/aromatic N) is 3. The zero-order valence-corrected chi connectivity index (χ0v) is 16.5. The monoisotopic (exact) mass is 390 g/mol. The summed E-state index contributed by atoms with van der Waals surface area (Å²) in [5.41, 5.74) is 1.06. The first kappa shape index (κ1) is 20.7. The molecule has 1 aromatic heterocycles. The molecule has 3 heterocycles. The van der Waals surface area contributed by atoms with Crippen LogP contribution >= 0.6 is 0 Å². The van der Waals surface area contributed by atoms with E-state index in [2.05, 4.69) is 10.3 Å². The molecule has 2 amide bonds. The molecule has 1 aromatic rings. The zero-order chi connectivity index (χ0) is 19.8. The second-order valence-corrected chi connectivity index (χ2v) is 7.51. The van der Waals surface area contributed by atoms with Crippen LogP contribution in [-0.2, 0) is 25.6 Å². The highest BCUT2D eigenvalue weighted by Crippen LogP contribution is 2.13. The van der Waals surface area contributed by atoms with Crippen molar-refractivity contribution in [3.05, 3.63) is 30.1 Å². The highest BCUT2D eigenvalue weighted by Gasteiger charge is 2.30. The van der Waals surface area contributed by atoms with E-state index in [1.54, 1.807) is 17.3 Å². The average molecular weight is 390 g/mol. The van der Waals surface area contributed by atoms with Gasteiger partial charge in [-0.2, -0.15) is 0 Å². The maximum Gasteiger partial charge on any atom is 0.237 e. The largest absolute Gasteiger partial charge is 0.381 e. The Morgan fingerprint density at radius 3 is 2.86 bits per heavy atom. The van der Waals surface area contributed by atoms with Crippen LogP contribution in [0.1, 0.15) is 24.8 Å². The number of likely N-dealkylation sites (N-methyl/N-ethyl adjacent to an activating group) is 1. The van der Waals surface area contributed by atoms with Crippen molar-refractivity contribution in [2.24, 2.45) is 0 Å². The maximum absolute atomic E-state index is 12.8. The molecule has 8 nitrogen and oxygen atoms in total. The fourth-order valence-corrected chi connectivity index (χ4v) is 3.68. The van der Waals surface area contributed by atoms with Crippen molar-refractivity contribution in [1.29, 1.82) is 0 Å². The SMILES string of the molecule is CN(CC(=O)N1CCOCC1CC(=O)NC1CCOCC1)Cc1cccnc1. The third kappa shape index (κ3) is 6.25. The minimum Gasteiger partial charge on any atom is -0.381 e. The fourth-order valence-electron chi connectivity index (χ4n) is 3.68. The van der Waals surface area contributed by atoms with Gasteiger partial charge in [-0.05, 0) is 31.5 Å². The van der Waals surface area contributed by atoms with E-state index in [1.807, 2.05) is 24.1 Å². The number of rotatable bonds is 7. The van der Waals surface area contributed by atoms with Crippen molar-refractivity contribution >= 4 is 11.8 Å². The molecular formula is C20H30N4O4. The summed E-state index contributed by atoms with van der Waals surface area (Å²) in [6.07, 6.45) is 5.50. The summed E-state index contributed by atoms with van der Waals surface area (Å²) in [5.74, 6) is 0.00229. The van der Waals surface area contributed by atoms with Gasteiger partial charge < -0.3 is 19.7 Å². The molecule has 1 N–H and O–H groups in total. The summed E-state index contributed by atoms with van der Waals surface area (Å²) in [5, 5.41) is 3.07. The molecule has 1 unspecified atom stereocenters. The molecule has 2 aliphatic heterocycles. The van der Waals surface area contributed by atoms with Gasteiger partial charge in [-0.1, -0.05) is 6.07 Å². The number of carbonyl (C=O) groups excluding carboxylic acids is 2. The first-order chi connectivity index (χ1) is 13.6. The van der Waals surface area contributed by atoms with Gasteiger partial charge in [0.25, 0.3) is 0 Å². The van der Waals surface area contributed by atoms with Gasteiger partial charge in [0.1, 0.15) is 0 Å². The second-order valence-electron chi connectivity index (χ2n) is 7.51. The van der Waals surface area contributed by atoms with Crippen molar-refractivity contribution in [3.63, 3.8) is 0 Å². The van der Waals surface area contributed by atoms with Crippen LogP contribution in [0.4, 0.5) is 0 Å². The molecule has 0 radical (unpaired) electrons. The predicted octanol–water partition coefficient (Wildman–Crippen LogP) is 0.426. The molecule has 2 aliphatic rings. The van der Waals surface area contributed by atoms with E-state index in [0.29, 0.717) is 46.1 Å². The molecule has 8 heteroatoms. The molecule has 154 valence electrons. The summed E-state index contributed by atoms with van der Waals surface area (Å²) < 4.78 is 10.9.